The summed E-state index contributed by atoms with van der Waals surface area (Å²) in [7, 11) is 0. The summed E-state index contributed by atoms with van der Waals surface area (Å²) in [4.78, 5) is 4.61. The fraction of sp³-hybridized carbons (Fsp3) is 0.800. The highest BCUT2D eigenvalue weighted by atomic mass is 15.1. The lowest BCUT2D eigenvalue weighted by molar-refractivity contribution is 0.327. The lowest BCUT2D eigenvalue weighted by Crippen LogP contribution is -2.34. The van der Waals surface area contributed by atoms with Crippen LogP contribution in [0.5, 0.6) is 0 Å². The standard InChI is InChI=1S/C15H27N3/c1-3-8-16-14-7-5-6-13(12-14)15-17-9-11-18(15)10-4-2/h9,11,13-14,16H,3-8,10,12H2,1-2H3. The van der Waals surface area contributed by atoms with Crippen molar-refractivity contribution in [2.24, 2.45) is 0 Å². The van der Waals surface area contributed by atoms with E-state index in [2.05, 4.69) is 34.9 Å². The van der Waals surface area contributed by atoms with Gasteiger partial charge in [0.05, 0.1) is 0 Å². The molecule has 18 heavy (non-hydrogen) atoms. The van der Waals surface area contributed by atoms with Gasteiger partial charge in [0.25, 0.3) is 0 Å². The van der Waals surface area contributed by atoms with Gasteiger partial charge in [-0.3, -0.25) is 0 Å². The smallest absolute Gasteiger partial charge is 0.111 e. The minimum Gasteiger partial charge on any atom is -0.335 e. The van der Waals surface area contributed by atoms with Gasteiger partial charge in [-0.2, -0.15) is 0 Å². The van der Waals surface area contributed by atoms with Crippen LogP contribution in [0.25, 0.3) is 0 Å². The van der Waals surface area contributed by atoms with Gasteiger partial charge >= 0.3 is 0 Å². The summed E-state index contributed by atoms with van der Waals surface area (Å²) in [6, 6.07) is 0.704. The van der Waals surface area contributed by atoms with Crippen molar-refractivity contribution >= 4 is 0 Å². The Hall–Kier alpha value is -0.830. The number of nitrogens with zero attached hydrogens (tertiary/aromatic N) is 2. The summed E-state index contributed by atoms with van der Waals surface area (Å²) < 4.78 is 2.35. The van der Waals surface area contributed by atoms with Crippen LogP contribution < -0.4 is 5.32 Å². The number of hydrogen-bond donors (Lipinski definition) is 1. The van der Waals surface area contributed by atoms with Gasteiger partial charge < -0.3 is 9.88 Å². The Kier molecular flexibility index (Phi) is 5.24. The fourth-order valence-electron chi connectivity index (χ4n) is 3.07. The number of imidazole rings is 1. The third-order valence-electron chi connectivity index (χ3n) is 3.93. The van der Waals surface area contributed by atoms with Crippen molar-refractivity contribution in [2.45, 2.75) is 70.9 Å². The van der Waals surface area contributed by atoms with E-state index in [0.29, 0.717) is 12.0 Å². The highest BCUT2D eigenvalue weighted by Crippen LogP contribution is 2.32. The van der Waals surface area contributed by atoms with Crippen LogP contribution in [0.3, 0.4) is 0 Å². The van der Waals surface area contributed by atoms with Gasteiger partial charge in [-0.15, -0.1) is 0 Å². The lowest BCUT2D eigenvalue weighted by atomic mass is 9.85. The van der Waals surface area contributed by atoms with Crippen LogP contribution in [0, 0.1) is 0 Å². The first-order chi connectivity index (χ1) is 8.85. The molecular formula is C15H27N3. The zero-order chi connectivity index (χ0) is 12.8. The minimum atomic E-state index is 0.662. The molecule has 1 aliphatic rings. The highest BCUT2D eigenvalue weighted by Gasteiger charge is 2.25. The van der Waals surface area contributed by atoms with E-state index in [0.717, 1.165) is 13.1 Å². The van der Waals surface area contributed by atoms with Crippen LogP contribution in [-0.4, -0.2) is 22.1 Å². The normalized spacial score (nSPS) is 24.3. The van der Waals surface area contributed by atoms with Crippen molar-refractivity contribution in [3.63, 3.8) is 0 Å². The molecule has 1 saturated carbocycles. The summed E-state index contributed by atoms with van der Waals surface area (Å²) in [6.45, 7) is 6.73. The molecule has 1 aromatic heterocycles. The monoisotopic (exact) mass is 249 g/mol. The summed E-state index contributed by atoms with van der Waals surface area (Å²) in [5.41, 5.74) is 0. The molecule has 0 aliphatic heterocycles. The summed E-state index contributed by atoms with van der Waals surface area (Å²) >= 11 is 0. The van der Waals surface area contributed by atoms with E-state index in [1.807, 2.05) is 6.20 Å². The molecule has 0 amide bonds. The fourth-order valence-corrected chi connectivity index (χ4v) is 3.07. The first-order valence-corrected chi connectivity index (χ1v) is 7.59. The van der Waals surface area contributed by atoms with Gasteiger partial charge in [0.2, 0.25) is 0 Å². The number of aromatic nitrogens is 2. The van der Waals surface area contributed by atoms with E-state index >= 15 is 0 Å². The first-order valence-electron chi connectivity index (χ1n) is 7.59. The van der Waals surface area contributed by atoms with E-state index in [4.69, 9.17) is 0 Å². The predicted octanol–water partition coefficient (Wildman–Crippen LogP) is 3.32. The van der Waals surface area contributed by atoms with Crippen LogP contribution in [0.15, 0.2) is 12.4 Å². The molecule has 0 spiro atoms. The second kappa shape index (κ2) is 6.93. The largest absolute Gasteiger partial charge is 0.335 e. The zero-order valence-corrected chi connectivity index (χ0v) is 11.9. The Morgan fingerprint density at radius 2 is 2.22 bits per heavy atom. The van der Waals surface area contributed by atoms with Crippen molar-refractivity contribution < 1.29 is 0 Å². The van der Waals surface area contributed by atoms with Crippen LogP contribution in [0.1, 0.15) is 64.1 Å². The molecule has 1 heterocycles. The SMILES string of the molecule is CCCNC1CCCC(c2nccn2CCC)C1. The van der Waals surface area contributed by atoms with Gasteiger partial charge in [-0.25, -0.2) is 4.98 Å². The minimum absolute atomic E-state index is 0.662. The molecular weight excluding hydrogens is 222 g/mol. The van der Waals surface area contributed by atoms with Crippen LogP contribution in [0.2, 0.25) is 0 Å². The molecule has 0 saturated heterocycles. The van der Waals surface area contributed by atoms with Crippen molar-refractivity contribution in [3.05, 3.63) is 18.2 Å². The zero-order valence-electron chi connectivity index (χ0n) is 11.9. The molecule has 3 nitrogen and oxygen atoms in total. The topological polar surface area (TPSA) is 29.9 Å². The Morgan fingerprint density at radius 3 is 3.00 bits per heavy atom. The molecule has 102 valence electrons. The van der Waals surface area contributed by atoms with E-state index in [1.54, 1.807) is 0 Å². The van der Waals surface area contributed by atoms with Gasteiger partial charge in [0.15, 0.2) is 0 Å². The third-order valence-corrected chi connectivity index (χ3v) is 3.93. The molecule has 2 atom stereocenters. The summed E-state index contributed by atoms with van der Waals surface area (Å²) in [6.07, 6.45) is 11.8. The number of hydrogen-bond acceptors (Lipinski definition) is 2. The van der Waals surface area contributed by atoms with E-state index in [1.165, 1.54) is 44.3 Å². The van der Waals surface area contributed by atoms with Crippen molar-refractivity contribution in [1.82, 2.24) is 14.9 Å². The molecule has 3 heteroatoms. The second-order valence-corrected chi connectivity index (χ2v) is 5.49. The van der Waals surface area contributed by atoms with Crippen LogP contribution in [0.4, 0.5) is 0 Å². The average molecular weight is 249 g/mol. The molecule has 1 aliphatic carbocycles. The second-order valence-electron chi connectivity index (χ2n) is 5.49. The lowest BCUT2D eigenvalue weighted by Gasteiger charge is -2.29. The van der Waals surface area contributed by atoms with Crippen molar-refractivity contribution in [3.8, 4) is 0 Å². The molecule has 2 unspecified atom stereocenters. The number of rotatable bonds is 6. The average Bonchev–Trinajstić information content (AvgIpc) is 2.85. The summed E-state index contributed by atoms with van der Waals surface area (Å²) in [5.74, 6) is 1.98. The number of nitrogens with one attached hydrogen (secondary N) is 1. The molecule has 1 fully saturated rings. The molecule has 1 N–H and O–H groups in total. The molecule has 1 aromatic rings. The Balaban J connectivity index is 1.97. The molecule has 0 radical (unpaired) electrons. The van der Waals surface area contributed by atoms with Crippen molar-refractivity contribution in [2.75, 3.05) is 6.54 Å². The third kappa shape index (κ3) is 3.35. The Bertz CT molecular complexity index is 345. The van der Waals surface area contributed by atoms with Gasteiger partial charge in [0, 0.05) is 30.9 Å². The maximum atomic E-state index is 4.61. The first kappa shape index (κ1) is 13.6. The quantitative estimate of drug-likeness (QED) is 0.838. The van der Waals surface area contributed by atoms with E-state index in [-0.39, 0.29) is 0 Å². The van der Waals surface area contributed by atoms with Gasteiger partial charge in [-0.1, -0.05) is 20.3 Å². The Labute approximate surface area is 111 Å². The number of aryl methyl sites for hydroxylation is 1. The van der Waals surface area contributed by atoms with Gasteiger partial charge in [-0.05, 0) is 38.6 Å². The molecule has 2 rings (SSSR count). The Morgan fingerprint density at radius 1 is 1.33 bits per heavy atom. The van der Waals surface area contributed by atoms with Gasteiger partial charge in [0.1, 0.15) is 5.82 Å². The van der Waals surface area contributed by atoms with Crippen molar-refractivity contribution in [1.29, 1.82) is 0 Å². The maximum Gasteiger partial charge on any atom is 0.111 e. The maximum absolute atomic E-state index is 4.61. The summed E-state index contributed by atoms with van der Waals surface area (Å²) in [5, 5.41) is 3.68. The molecule has 0 aromatic carbocycles. The highest BCUT2D eigenvalue weighted by molar-refractivity contribution is 5.03. The van der Waals surface area contributed by atoms with E-state index < -0.39 is 0 Å². The van der Waals surface area contributed by atoms with E-state index in [9.17, 15) is 0 Å². The van der Waals surface area contributed by atoms with Crippen LogP contribution >= 0.6 is 0 Å². The van der Waals surface area contributed by atoms with Crippen LogP contribution in [-0.2, 0) is 6.54 Å². The predicted molar refractivity (Wildman–Crippen MR) is 75.8 cm³/mol. The molecule has 0 bridgehead atoms.